The number of hydrogen-bond acceptors (Lipinski definition) is 6. The van der Waals surface area contributed by atoms with E-state index in [1.807, 2.05) is 30.3 Å². The molecule has 1 fully saturated rings. The Kier molecular flexibility index (Phi) is 4.76. The molecule has 1 aliphatic heterocycles. The number of hydrogen-bond donors (Lipinski definition) is 0. The van der Waals surface area contributed by atoms with E-state index in [4.69, 9.17) is 13.9 Å². The number of rotatable bonds is 6. The minimum Gasteiger partial charge on any atom is -0.491 e. The molecule has 1 saturated heterocycles. The molecule has 2 aromatic heterocycles. The number of furan rings is 1. The third-order valence-electron chi connectivity index (χ3n) is 4.17. The van der Waals surface area contributed by atoms with Crippen LogP contribution >= 0.6 is 0 Å². The van der Waals surface area contributed by atoms with Crippen molar-refractivity contribution in [1.82, 2.24) is 19.7 Å². The molecule has 1 aromatic carbocycles. The summed E-state index contributed by atoms with van der Waals surface area (Å²) >= 11 is 0. The predicted molar refractivity (Wildman–Crippen MR) is 90.6 cm³/mol. The van der Waals surface area contributed by atoms with Crippen molar-refractivity contribution in [2.45, 2.75) is 12.6 Å². The monoisotopic (exact) mass is 340 g/mol. The molecule has 4 rings (SSSR count). The lowest BCUT2D eigenvalue weighted by molar-refractivity contribution is -0.0504. The average molecular weight is 340 g/mol. The standard InChI is InChI=1S/C18H20N4O3/c1-3-17(4-2-16(1)22-14-19-13-20-22)25-12-18-10-21(6-8-24-18)9-15-5-7-23-11-15/h1-5,7,11,13-14,18H,6,8-10,12H2. The second kappa shape index (κ2) is 7.50. The van der Waals surface area contributed by atoms with Crippen molar-refractivity contribution in [2.24, 2.45) is 0 Å². The van der Waals surface area contributed by atoms with E-state index < -0.39 is 0 Å². The van der Waals surface area contributed by atoms with E-state index in [0.29, 0.717) is 6.61 Å². The maximum Gasteiger partial charge on any atom is 0.138 e. The summed E-state index contributed by atoms with van der Waals surface area (Å²) < 4.78 is 18.5. The Labute approximate surface area is 145 Å². The van der Waals surface area contributed by atoms with E-state index >= 15 is 0 Å². The lowest BCUT2D eigenvalue weighted by atomic mass is 10.2. The molecular formula is C18H20N4O3. The fourth-order valence-corrected chi connectivity index (χ4v) is 2.89. The second-order valence-corrected chi connectivity index (χ2v) is 6.00. The summed E-state index contributed by atoms with van der Waals surface area (Å²) in [5.74, 6) is 0.819. The lowest BCUT2D eigenvalue weighted by Crippen LogP contribution is -2.44. The molecule has 3 aromatic rings. The van der Waals surface area contributed by atoms with Gasteiger partial charge < -0.3 is 13.9 Å². The van der Waals surface area contributed by atoms with Crippen molar-refractivity contribution in [1.29, 1.82) is 0 Å². The van der Waals surface area contributed by atoms with Crippen LogP contribution in [0.2, 0.25) is 0 Å². The molecule has 7 heteroatoms. The van der Waals surface area contributed by atoms with Crippen LogP contribution in [0.15, 0.2) is 59.9 Å². The number of benzene rings is 1. The molecule has 25 heavy (non-hydrogen) atoms. The molecule has 1 atom stereocenters. The predicted octanol–water partition coefficient (Wildman–Crippen LogP) is 2.14. The molecule has 0 spiro atoms. The van der Waals surface area contributed by atoms with Crippen molar-refractivity contribution < 1.29 is 13.9 Å². The van der Waals surface area contributed by atoms with Gasteiger partial charge in [0.25, 0.3) is 0 Å². The Morgan fingerprint density at radius 1 is 1.20 bits per heavy atom. The fraction of sp³-hybridized carbons (Fsp3) is 0.333. The Morgan fingerprint density at radius 2 is 2.12 bits per heavy atom. The van der Waals surface area contributed by atoms with Gasteiger partial charge in [-0.1, -0.05) is 0 Å². The average Bonchev–Trinajstić information content (AvgIpc) is 3.35. The van der Waals surface area contributed by atoms with E-state index in [2.05, 4.69) is 15.0 Å². The van der Waals surface area contributed by atoms with Gasteiger partial charge in [0.2, 0.25) is 0 Å². The molecule has 1 aliphatic rings. The molecule has 0 N–H and O–H groups in total. The van der Waals surface area contributed by atoms with Crippen LogP contribution in [-0.4, -0.2) is 52.1 Å². The molecular weight excluding hydrogens is 320 g/mol. The van der Waals surface area contributed by atoms with E-state index in [9.17, 15) is 0 Å². The summed E-state index contributed by atoms with van der Waals surface area (Å²) in [4.78, 5) is 6.30. The SMILES string of the molecule is c1ncn(-c2ccc(OCC3CN(Cc4ccoc4)CCO3)cc2)n1. The highest BCUT2D eigenvalue weighted by atomic mass is 16.5. The van der Waals surface area contributed by atoms with E-state index in [-0.39, 0.29) is 6.10 Å². The summed E-state index contributed by atoms with van der Waals surface area (Å²) in [7, 11) is 0. The third kappa shape index (κ3) is 4.07. The van der Waals surface area contributed by atoms with Crippen LogP contribution in [0.1, 0.15) is 5.56 Å². The zero-order chi connectivity index (χ0) is 16.9. The normalized spacial score (nSPS) is 18.3. The second-order valence-electron chi connectivity index (χ2n) is 6.00. The molecule has 130 valence electrons. The highest BCUT2D eigenvalue weighted by Gasteiger charge is 2.21. The number of ether oxygens (including phenoxy) is 2. The van der Waals surface area contributed by atoms with Crippen molar-refractivity contribution in [3.05, 3.63) is 61.1 Å². The Bertz CT molecular complexity index is 756. The van der Waals surface area contributed by atoms with E-state index in [0.717, 1.165) is 37.7 Å². The molecule has 0 amide bonds. The van der Waals surface area contributed by atoms with Crippen molar-refractivity contribution in [3.63, 3.8) is 0 Å². The minimum absolute atomic E-state index is 0.0654. The first-order valence-corrected chi connectivity index (χ1v) is 8.30. The molecule has 7 nitrogen and oxygen atoms in total. The smallest absolute Gasteiger partial charge is 0.138 e. The quantitative estimate of drug-likeness (QED) is 0.685. The molecule has 3 heterocycles. The van der Waals surface area contributed by atoms with Crippen molar-refractivity contribution >= 4 is 0 Å². The highest BCUT2D eigenvalue weighted by Crippen LogP contribution is 2.16. The summed E-state index contributed by atoms with van der Waals surface area (Å²) in [6.07, 6.45) is 6.74. The van der Waals surface area contributed by atoms with Gasteiger partial charge >= 0.3 is 0 Å². The number of morpholine rings is 1. The van der Waals surface area contributed by atoms with Crippen LogP contribution in [0, 0.1) is 0 Å². The van der Waals surface area contributed by atoms with Crippen LogP contribution in [0.5, 0.6) is 5.75 Å². The first-order valence-electron chi connectivity index (χ1n) is 8.30. The van der Waals surface area contributed by atoms with Gasteiger partial charge in [0.1, 0.15) is 31.1 Å². The molecule has 0 aliphatic carbocycles. The van der Waals surface area contributed by atoms with Crippen LogP contribution in [-0.2, 0) is 11.3 Å². The van der Waals surface area contributed by atoms with Gasteiger partial charge in [-0.3, -0.25) is 4.90 Å². The zero-order valence-corrected chi connectivity index (χ0v) is 13.8. The van der Waals surface area contributed by atoms with E-state index in [1.54, 1.807) is 23.5 Å². The highest BCUT2D eigenvalue weighted by molar-refractivity contribution is 5.36. The molecule has 0 saturated carbocycles. The Hall–Kier alpha value is -2.64. The van der Waals surface area contributed by atoms with E-state index in [1.165, 1.54) is 11.9 Å². The summed E-state index contributed by atoms with van der Waals surface area (Å²) in [5, 5.41) is 4.11. The van der Waals surface area contributed by atoms with Gasteiger partial charge in [-0.25, -0.2) is 9.67 Å². The van der Waals surface area contributed by atoms with Crippen LogP contribution in [0.4, 0.5) is 0 Å². The third-order valence-corrected chi connectivity index (χ3v) is 4.17. The van der Waals surface area contributed by atoms with Gasteiger partial charge in [0, 0.05) is 25.2 Å². The molecule has 1 unspecified atom stereocenters. The fourth-order valence-electron chi connectivity index (χ4n) is 2.89. The van der Waals surface area contributed by atoms with Crippen molar-refractivity contribution in [2.75, 3.05) is 26.3 Å². The first-order chi connectivity index (χ1) is 12.4. The number of aromatic nitrogens is 3. The van der Waals surface area contributed by atoms with Crippen LogP contribution < -0.4 is 4.74 Å². The molecule has 0 bridgehead atoms. The maximum absolute atomic E-state index is 5.89. The van der Waals surface area contributed by atoms with Gasteiger partial charge in [-0.2, -0.15) is 5.10 Å². The minimum atomic E-state index is 0.0654. The van der Waals surface area contributed by atoms with Crippen molar-refractivity contribution in [3.8, 4) is 11.4 Å². The Morgan fingerprint density at radius 3 is 2.88 bits per heavy atom. The summed E-state index contributed by atoms with van der Waals surface area (Å²) in [6, 6.07) is 9.78. The maximum atomic E-state index is 5.89. The van der Waals surface area contributed by atoms with Gasteiger partial charge in [-0.05, 0) is 30.3 Å². The van der Waals surface area contributed by atoms with Gasteiger partial charge in [-0.15, -0.1) is 0 Å². The van der Waals surface area contributed by atoms with Gasteiger partial charge in [0.05, 0.1) is 24.8 Å². The first kappa shape index (κ1) is 15.9. The Balaban J connectivity index is 1.29. The lowest BCUT2D eigenvalue weighted by Gasteiger charge is -2.32. The van der Waals surface area contributed by atoms with Crippen LogP contribution in [0.3, 0.4) is 0 Å². The van der Waals surface area contributed by atoms with Crippen LogP contribution in [0.25, 0.3) is 5.69 Å². The van der Waals surface area contributed by atoms with Gasteiger partial charge in [0.15, 0.2) is 0 Å². The summed E-state index contributed by atoms with van der Waals surface area (Å²) in [5.41, 5.74) is 2.13. The topological polar surface area (TPSA) is 65.5 Å². The largest absolute Gasteiger partial charge is 0.491 e. The summed E-state index contributed by atoms with van der Waals surface area (Å²) in [6.45, 7) is 3.90. The zero-order valence-electron chi connectivity index (χ0n) is 13.8. The molecule has 0 radical (unpaired) electrons. The number of nitrogens with zero attached hydrogens (tertiary/aromatic N) is 4.